The number of rotatable bonds is 4. The molecule has 0 spiro atoms. The van der Waals surface area contributed by atoms with Crippen LogP contribution in [0.4, 0.5) is 0 Å². The van der Waals surface area contributed by atoms with Crippen molar-refractivity contribution in [3.8, 4) is 0 Å². The van der Waals surface area contributed by atoms with Crippen LogP contribution in [0.3, 0.4) is 0 Å². The first-order valence-electron chi connectivity index (χ1n) is 6.13. The minimum Gasteiger partial charge on any atom is -0.329 e. The first-order valence-corrected chi connectivity index (χ1v) is 6.13. The number of nitrogens with zero attached hydrogens (tertiary/aromatic N) is 1. The molecule has 1 aliphatic rings. The standard InChI is InChI=1S/C12H26N2/c1-4-14(5-2)12(10-13)8-6-7-11(3)9-12/h11H,4-10,13H2,1-3H3. The average molecular weight is 198 g/mol. The lowest BCUT2D eigenvalue weighted by atomic mass is 9.75. The second kappa shape index (κ2) is 5.13. The molecule has 0 saturated heterocycles. The van der Waals surface area contributed by atoms with E-state index in [0.717, 1.165) is 25.6 Å². The molecule has 0 aromatic rings. The van der Waals surface area contributed by atoms with Gasteiger partial charge in [0, 0.05) is 12.1 Å². The Labute approximate surface area is 88.8 Å². The van der Waals surface area contributed by atoms with Gasteiger partial charge >= 0.3 is 0 Å². The minimum absolute atomic E-state index is 0.321. The second-order valence-corrected chi connectivity index (χ2v) is 4.80. The van der Waals surface area contributed by atoms with E-state index in [1.54, 1.807) is 0 Å². The molecule has 2 N–H and O–H groups in total. The summed E-state index contributed by atoms with van der Waals surface area (Å²) in [5.41, 5.74) is 6.33. The molecule has 0 aromatic heterocycles. The predicted octanol–water partition coefficient (Wildman–Crippen LogP) is 2.24. The third kappa shape index (κ3) is 2.29. The maximum Gasteiger partial charge on any atom is 0.0334 e. The fraction of sp³-hybridized carbons (Fsp3) is 1.00. The molecule has 0 aliphatic heterocycles. The van der Waals surface area contributed by atoms with Crippen molar-refractivity contribution in [3.63, 3.8) is 0 Å². The van der Waals surface area contributed by atoms with Gasteiger partial charge in [0.25, 0.3) is 0 Å². The monoisotopic (exact) mass is 198 g/mol. The van der Waals surface area contributed by atoms with E-state index in [9.17, 15) is 0 Å². The highest BCUT2D eigenvalue weighted by Crippen LogP contribution is 2.35. The molecular weight excluding hydrogens is 172 g/mol. The Morgan fingerprint density at radius 1 is 1.36 bits per heavy atom. The van der Waals surface area contributed by atoms with Crippen molar-refractivity contribution in [1.29, 1.82) is 0 Å². The van der Waals surface area contributed by atoms with Crippen molar-refractivity contribution in [2.45, 2.75) is 52.0 Å². The Morgan fingerprint density at radius 3 is 2.43 bits per heavy atom. The van der Waals surface area contributed by atoms with Gasteiger partial charge in [-0.1, -0.05) is 33.6 Å². The molecule has 2 unspecified atom stereocenters. The zero-order chi connectivity index (χ0) is 10.6. The topological polar surface area (TPSA) is 29.3 Å². The lowest BCUT2D eigenvalue weighted by Gasteiger charge is -2.47. The molecule has 0 aromatic carbocycles. The number of hydrogen-bond donors (Lipinski definition) is 1. The molecule has 2 atom stereocenters. The summed E-state index contributed by atoms with van der Waals surface area (Å²) in [6.45, 7) is 9.98. The first-order chi connectivity index (χ1) is 6.68. The fourth-order valence-electron chi connectivity index (χ4n) is 3.13. The van der Waals surface area contributed by atoms with Crippen LogP contribution in [0.15, 0.2) is 0 Å². The molecule has 2 nitrogen and oxygen atoms in total. The van der Waals surface area contributed by atoms with Crippen LogP contribution in [0.1, 0.15) is 46.5 Å². The Kier molecular flexibility index (Phi) is 4.39. The third-order valence-corrected chi connectivity index (χ3v) is 3.88. The Bertz CT molecular complexity index is 166. The molecule has 2 heteroatoms. The quantitative estimate of drug-likeness (QED) is 0.750. The normalized spacial score (nSPS) is 33.6. The van der Waals surface area contributed by atoms with Gasteiger partial charge in [-0.2, -0.15) is 0 Å². The van der Waals surface area contributed by atoms with E-state index >= 15 is 0 Å². The molecule has 0 amide bonds. The maximum atomic E-state index is 6.01. The SMILES string of the molecule is CCN(CC)C1(CN)CCCC(C)C1. The Morgan fingerprint density at radius 2 is 2.00 bits per heavy atom. The highest BCUT2D eigenvalue weighted by molar-refractivity contribution is 4.95. The summed E-state index contributed by atoms with van der Waals surface area (Å²) < 4.78 is 0. The molecule has 1 aliphatic carbocycles. The van der Waals surface area contributed by atoms with Crippen LogP contribution >= 0.6 is 0 Å². The lowest BCUT2D eigenvalue weighted by molar-refractivity contribution is 0.0479. The Hall–Kier alpha value is -0.0800. The van der Waals surface area contributed by atoms with E-state index in [-0.39, 0.29) is 0 Å². The molecule has 1 rings (SSSR count). The van der Waals surface area contributed by atoms with Gasteiger partial charge in [0.15, 0.2) is 0 Å². The summed E-state index contributed by atoms with van der Waals surface area (Å²) in [6, 6.07) is 0. The van der Waals surface area contributed by atoms with Gasteiger partial charge < -0.3 is 5.73 Å². The van der Waals surface area contributed by atoms with Crippen molar-refractivity contribution in [2.75, 3.05) is 19.6 Å². The molecule has 0 bridgehead atoms. The highest BCUT2D eigenvalue weighted by atomic mass is 15.2. The van der Waals surface area contributed by atoms with E-state index in [0.29, 0.717) is 5.54 Å². The predicted molar refractivity (Wildman–Crippen MR) is 62.3 cm³/mol. The zero-order valence-electron chi connectivity index (χ0n) is 10.1. The average Bonchev–Trinajstić information content (AvgIpc) is 2.19. The van der Waals surface area contributed by atoms with E-state index in [1.807, 2.05) is 0 Å². The first kappa shape index (κ1) is 12.0. The number of likely N-dealkylation sites (N-methyl/N-ethyl adjacent to an activating group) is 1. The summed E-state index contributed by atoms with van der Waals surface area (Å²) in [5, 5.41) is 0. The summed E-state index contributed by atoms with van der Waals surface area (Å²) in [6.07, 6.45) is 5.35. The Balaban J connectivity index is 2.72. The van der Waals surface area contributed by atoms with Gasteiger partial charge in [0.05, 0.1) is 0 Å². The summed E-state index contributed by atoms with van der Waals surface area (Å²) >= 11 is 0. The van der Waals surface area contributed by atoms with Crippen LogP contribution in [0.5, 0.6) is 0 Å². The molecule has 1 saturated carbocycles. The van der Waals surface area contributed by atoms with E-state index in [1.165, 1.54) is 25.7 Å². The van der Waals surface area contributed by atoms with E-state index in [4.69, 9.17) is 5.73 Å². The van der Waals surface area contributed by atoms with Crippen molar-refractivity contribution < 1.29 is 0 Å². The van der Waals surface area contributed by atoms with Gasteiger partial charge in [-0.25, -0.2) is 0 Å². The zero-order valence-corrected chi connectivity index (χ0v) is 10.1. The molecule has 14 heavy (non-hydrogen) atoms. The van der Waals surface area contributed by atoms with E-state index in [2.05, 4.69) is 25.7 Å². The fourth-order valence-corrected chi connectivity index (χ4v) is 3.13. The lowest BCUT2D eigenvalue weighted by Crippen LogP contribution is -2.56. The van der Waals surface area contributed by atoms with E-state index < -0.39 is 0 Å². The van der Waals surface area contributed by atoms with Crippen LogP contribution in [0, 0.1) is 5.92 Å². The second-order valence-electron chi connectivity index (χ2n) is 4.80. The highest BCUT2D eigenvalue weighted by Gasteiger charge is 2.37. The van der Waals surface area contributed by atoms with Crippen LogP contribution < -0.4 is 5.73 Å². The third-order valence-electron chi connectivity index (χ3n) is 3.88. The van der Waals surface area contributed by atoms with Gasteiger partial charge in [-0.15, -0.1) is 0 Å². The van der Waals surface area contributed by atoms with Crippen molar-refractivity contribution >= 4 is 0 Å². The van der Waals surface area contributed by atoms with Crippen molar-refractivity contribution in [1.82, 2.24) is 4.90 Å². The summed E-state index contributed by atoms with van der Waals surface area (Å²) in [4.78, 5) is 2.57. The van der Waals surface area contributed by atoms with Gasteiger partial charge in [-0.3, -0.25) is 4.90 Å². The van der Waals surface area contributed by atoms with Crippen LogP contribution in [0.25, 0.3) is 0 Å². The largest absolute Gasteiger partial charge is 0.329 e. The summed E-state index contributed by atoms with van der Waals surface area (Å²) in [5.74, 6) is 0.855. The van der Waals surface area contributed by atoms with Crippen LogP contribution in [-0.4, -0.2) is 30.1 Å². The van der Waals surface area contributed by atoms with Crippen LogP contribution in [0.2, 0.25) is 0 Å². The molecule has 0 radical (unpaired) electrons. The van der Waals surface area contributed by atoms with Gasteiger partial charge in [0.1, 0.15) is 0 Å². The molecule has 0 heterocycles. The van der Waals surface area contributed by atoms with Gasteiger partial charge in [-0.05, 0) is 31.8 Å². The van der Waals surface area contributed by atoms with Crippen molar-refractivity contribution in [3.05, 3.63) is 0 Å². The smallest absolute Gasteiger partial charge is 0.0334 e. The van der Waals surface area contributed by atoms with Crippen molar-refractivity contribution in [2.24, 2.45) is 11.7 Å². The number of nitrogens with two attached hydrogens (primary N) is 1. The maximum absolute atomic E-state index is 6.01. The molecular formula is C12H26N2. The molecule has 84 valence electrons. The van der Waals surface area contributed by atoms with Gasteiger partial charge in [0.2, 0.25) is 0 Å². The summed E-state index contributed by atoms with van der Waals surface area (Å²) in [7, 11) is 0. The van der Waals surface area contributed by atoms with Crippen LogP contribution in [-0.2, 0) is 0 Å². The number of hydrogen-bond acceptors (Lipinski definition) is 2. The minimum atomic E-state index is 0.321. The molecule has 1 fully saturated rings.